The predicted octanol–water partition coefficient (Wildman–Crippen LogP) is 2.06. The lowest BCUT2D eigenvalue weighted by Crippen LogP contribution is -2.42. The molecule has 1 rings (SSSR count). The lowest BCUT2D eigenvalue weighted by molar-refractivity contribution is -0.122. The van der Waals surface area contributed by atoms with Crippen molar-refractivity contribution in [1.29, 1.82) is 0 Å². The Balaban J connectivity index is 2.14. The van der Waals surface area contributed by atoms with Gasteiger partial charge in [-0.25, -0.2) is 0 Å². The molecule has 0 heterocycles. The standard InChI is InChI=1S/C13H26N2O/c1-3-11(4-2)12(14)9-15-13(16)8-10-6-5-7-10/h10-12H,3-9,14H2,1-2H3,(H,15,16). The molecule has 0 aromatic heterocycles. The molecule has 1 atom stereocenters. The highest BCUT2D eigenvalue weighted by atomic mass is 16.1. The summed E-state index contributed by atoms with van der Waals surface area (Å²) in [6, 6.07) is 0.111. The highest BCUT2D eigenvalue weighted by molar-refractivity contribution is 5.76. The Kier molecular flexibility index (Phi) is 5.81. The van der Waals surface area contributed by atoms with Crippen LogP contribution in [0.4, 0.5) is 0 Å². The maximum absolute atomic E-state index is 11.6. The highest BCUT2D eigenvalue weighted by Gasteiger charge is 2.21. The zero-order valence-corrected chi connectivity index (χ0v) is 10.7. The zero-order valence-electron chi connectivity index (χ0n) is 10.7. The molecule has 1 aliphatic carbocycles. The van der Waals surface area contributed by atoms with Crippen molar-refractivity contribution in [3.8, 4) is 0 Å². The van der Waals surface area contributed by atoms with E-state index in [4.69, 9.17) is 5.73 Å². The minimum atomic E-state index is 0.111. The first kappa shape index (κ1) is 13.5. The Morgan fingerprint density at radius 2 is 2.00 bits per heavy atom. The summed E-state index contributed by atoms with van der Waals surface area (Å²) >= 11 is 0. The number of carbonyl (C=O) groups excluding carboxylic acids is 1. The highest BCUT2D eigenvalue weighted by Crippen LogP contribution is 2.29. The molecule has 1 amide bonds. The minimum absolute atomic E-state index is 0.111. The molecule has 3 N–H and O–H groups in total. The molecule has 1 aliphatic rings. The second-order valence-electron chi connectivity index (χ2n) is 5.05. The van der Waals surface area contributed by atoms with E-state index in [2.05, 4.69) is 19.2 Å². The van der Waals surface area contributed by atoms with Gasteiger partial charge in [-0.2, -0.15) is 0 Å². The quantitative estimate of drug-likeness (QED) is 0.698. The Morgan fingerprint density at radius 1 is 1.38 bits per heavy atom. The molecule has 0 aliphatic heterocycles. The number of nitrogens with two attached hydrogens (primary N) is 1. The first-order valence-corrected chi connectivity index (χ1v) is 6.69. The van der Waals surface area contributed by atoms with E-state index in [1.165, 1.54) is 19.3 Å². The molecule has 0 spiro atoms. The van der Waals surface area contributed by atoms with Crippen LogP contribution in [-0.2, 0) is 4.79 Å². The second kappa shape index (κ2) is 6.89. The van der Waals surface area contributed by atoms with Crippen LogP contribution >= 0.6 is 0 Å². The van der Waals surface area contributed by atoms with Gasteiger partial charge in [0.25, 0.3) is 0 Å². The van der Waals surface area contributed by atoms with Crippen LogP contribution in [0.3, 0.4) is 0 Å². The summed E-state index contributed by atoms with van der Waals surface area (Å²) in [5.74, 6) is 1.36. The fraction of sp³-hybridized carbons (Fsp3) is 0.923. The number of carbonyl (C=O) groups is 1. The molecule has 0 aromatic carbocycles. The predicted molar refractivity (Wildman–Crippen MR) is 67.0 cm³/mol. The summed E-state index contributed by atoms with van der Waals surface area (Å²) in [6.07, 6.45) is 6.64. The molecular weight excluding hydrogens is 200 g/mol. The molecule has 0 bridgehead atoms. The van der Waals surface area contributed by atoms with E-state index in [1.807, 2.05) is 0 Å². The van der Waals surface area contributed by atoms with Gasteiger partial charge in [-0.15, -0.1) is 0 Å². The molecule has 3 nitrogen and oxygen atoms in total. The van der Waals surface area contributed by atoms with Gasteiger partial charge in [-0.3, -0.25) is 4.79 Å². The molecule has 0 saturated heterocycles. The number of rotatable bonds is 7. The van der Waals surface area contributed by atoms with Gasteiger partial charge in [0.1, 0.15) is 0 Å². The third kappa shape index (κ3) is 4.12. The van der Waals surface area contributed by atoms with E-state index in [0.717, 1.165) is 12.8 Å². The molecule has 0 aromatic rings. The van der Waals surface area contributed by atoms with Crippen molar-refractivity contribution >= 4 is 5.91 Å². The molecule has 1 saturated carbocycles. The van der Waals surface area contributed by atoms with Gasteiger partial charge in [0.2, 0.25) is 5.91 Å². The third-order valence-electron chi connectivity index (χ3n) is 3.89. The minimum Gasteiger partial charge on any atom is -0.355 e. The van der Waals surface area contributed by atoms with Crippen LogP contribution in [0.5, 0.6) is 0 Å². The largest absolute Gasteiger partial charge is 0.355 e. The van der Waals surface area contributed by atoms with Gasteiger partial charge in [-0.1, -0.05) is 33.1 Å². The van der Waals surface area contributed by atoms with Gasteiger partial charge in [0.15, 0.2) is 0 Å². The average molecular weight is 226 g/mol. The van der Waals surface area contributed by atoms with Crippen molar-refractivity contribution in [2.24, 2.45) is 17.6 Å². The van der Waals surface area contributed by atoms with E-state index < -0.39 is 0 Å². The van der Waals surface area contributed by atoms with Crippen LogP contribution in [0.25, 0.3) is 0 Å². The van der Waals surface area contributed by atoms with Crippen LogP contribution in [0.15, 0.2) is 0 Å². The Bertz CT molecular complexity index is 210. The summed E-state index contributed by atoms with van der Waals surface area (Å²) in [5, 5.41) is 2.97. The van der Waals surface area contributed by atoms with Crippen LogP contribution in [-0.4, -0.2) is 18.5 Å². The van der Waals surface area contributed by atoms with E-state index in [9.17, 15) is 4.79 Å². The first-order valence-electron chi connectivity index (χ1n) is 6.69. The van der Waals surface area contributed by atoms with Gasteiger partial charge in [-0.05, 0) is 24.7 Å². The van der Waals surface area contributed by atoms with Crippen molar-refractivity contribution in [1.82, 2.24) is 5.32 Å². The van der Waals surface area contributed by atoms with Gasteiger partial charge >= 0.3 is 0 Å². The normalized spacial score (nSPS) is 18.2. The van der Waals surface area contributed by atoms with Crippen molar-refractivity contribution in [2.75, 3.05) is 6.54 Å². The molecule has 3 heteroatoms. The van der Waals surface area contributed by atoms with Gasteiger partial charge in [0.05, 0.1) is 0 Å². The third-order valence-corrected chi connectivity index (χ3v) is 3.89. The molecule has 1 unspecified atom stereocenters. The molecule has 16 heavy (non-hydrogen) atoms. The van der Waals surface area contributed by atoms with Crippen molar-refractivity contribution in [2.45, 2.75) is 58.4 Å². The van der Waals surface area contributed by atoms with Crippen LogP contribution in [0, 0.1) is 11.8 Å². The monoisotopic (exact) mass is 226 g/mol. The molecule has 0 radical (unpaired) electrons. The second-order valence-corrected chi connectivity index (χ2v) is 5.05. The number of hydrogen-bond acceptors (Lipinski definition) is 2. The summed E-state index contributed by atoms with van der Waals surface area (Å²) < 4.78 is 0. The van der Waals surface area contributed by atoms with Crippen molar-refractivity contribution in [3.05, 3.63) is 0 Å². The average Bonchev–Trinajstić information content (AvgIpc) is 2.22. The zero-order chi connectivity index (χ0) is 12.0. The summed E-state index contributed by atoms with van der Waals surface area (Å²) in [4.78, 5) is 11.6. The van der Waals surface area contributed by atoms with Crippen molar-refractivity contribution < 1.29 is 4.79 Å². The van der Waals surface area contributed by atoms with Crippen molar-refractivity contribution in [3.63, 3.8) is 0 Å². The number of amides is 1. The van der Waals surface area contributed by atoms with Gasteiger partial charge < -0.3 is 11.1 Å². The van der Waals surface area contributed by atoms with Crippen LogP contribution in [0.1, 0.15) is 52.4 Å². The van der Waals surface area contributed by atoms with Gasteiger partial charge in [0, 0.05) is 19.0 Å². The first-order chi connectivity index (χ1) is 7.67. The lowest BCUT2D eigenvalue weighted by Gasteiger charge is -2.25. The smallest absolute Gasteiger partial charge is 0.220 e. The Morgan fingerprint density at radius 3 is 2.44 bits per heavy atom. The van der Waals surface area contributed by atoms with E-state index in [1.54, 1.807) is 0 Å². The fourth-order valence-corrected chi connectivity index (χ4v) is 2.32. The maximum Gasteiger partial charge on any atom is 0.220 e. The lowest BCUT2D eigenvalue weighted by atomic mass is 9.83. The molecule has 1 fully saturated rings. The SMILES string of the molecule is CCC(CC)C(N)CNC(=O)CC1CCC1. The molecule has 94 valence electrons. The Hall–Kier alpha value is -0.570. The van der Waals surface area contributed by atoms with Crippen LogP contribution < -0.4 is 11.1 Å². The Labute approximate surface area is 99.2 Å². The number of hydrogen-bond donors (Lipinski definition) is 2. The number of nitrogens with one attached hydrogen (secondary N) is 1. The van der Waals surface area contributed by atoms with E-state index >= 15 is 0 Å². The summed E-state index contributed by atoms with van der Waals surface area (Å²) in [6.45, 7) is 4.95. The summed E-state index contributed by atoms with van der Waals surface area (Å²) in [5.41, 5.74) is 6.05. The summed E-state index contributed by atoms with van der Waals surface area (Å²) in [7, 11) is 0. The van der Waals surface area contributed by atoms with Crippen LogP contribution in [0.2, 0.25) is 0 Å². The molecular formula is C13H26N2O. The maximum atomic E-state index is 11.6. The van der Waals surface area contributed by atoms with E-state index in [-0.39, 0.29) is 11.9 Å². The van der Waals surface area contributed by atoms with E-state index in [0.29, 0.717) is 24.8 Å². The fourth-order valence-electron chi connectivity index (χ4n) is 2.32. The topological polar surface area (TPSA) is 55.1 Å².